The average molecular weight is 300 g/mol. The number of amides is 2. The topological polar surface area (TPSA) is 49.4 Å². The Morgan fingerprint density at radius 3 is 2.50 bits per heavy atom. The van der Waals surface area contributed by atoms with Gasteiger partial charge in [0.25, 0.3) is 0 Å². The van der Waals surface area contributed by atoms with Crippen LogP contribution in [0.3, 0.4) is 0 Å². The van der Waals surface area contributed by atoms with Gasteiger partial charge in [-0.25, -0.2) is 0 Å². The smallest absolute Gasteiger partial charge is 0.229 e. The molecule has 1 heterocycles. The molecule has 1 unspecified atom stereocenters. The van der Waals surface area contributed by atoms with Crippen LogP contribution in [-0.4, -0.2) is 23.9 Å². The Bertz CT molecular complexity index is 523. The van der Waals surface area contributed by atoms with Gasteiger partial charge in [-0.2, -0.15) is 0 Å². The Hall–Kier alpha value is -1.84. The first kappa shape index (κ1) is 15.1. The fourth-order valence-electron chi connectivity index (χ4n) is 3.65. The molecule has 22 heavy (non-hydrogen) atoms. The number of benzene rings is 1. The zero-order valence-corrected chi connectivity index (χ0v) is 13.0. The molecular formula is C18H24N2O2. The van der Waals surface area contributed by atoms with E-state index in [1.54, 1.807) is 0 Å². The molecule has 1 saturated heterocycles. The Kier molecular flexibility index (Phi) is 4.76. The lowest BCUT2D eigenvalue weighted by Gasteiger charge is -2.31. The number of hydrogen-bond donors (Lipinski definition) is 1. The van der Waals surface area contributed by atoms with Gasteiger partial charge in [0.15, 0.2) is 0 Å². The van der Waals surface area contributed by atoms with Crippen LogP contribution in [0, 0.1) is 0 Å². The van der Waals surface area contributed by atoms with Crippen LogP contribution in [0.2, 0.25) is 0 Å². The van der Waals surface area contributed by atoms with E-state index in [0.717, 1.165) is 31.4 Å². The summed E-state index contributed by atoms with van der Waals surface area (Å²) < 4.78 is 0. The van der Waals surface area contributed by atoms with Gasteiger partial charge in [-0.05, 0) is 37.8 Å². The molecule has 0 bridgehead atoms. The molecule has 4 nitrogen and oxygen atoms in total. The predicted octanol–water partition coefficient (Wildman–Crippen LogP) is 3.02. The molecule has 2 aliphatic rings. The van der Waals surface area contributed by atoms with E-state index in [0.29, 0.717) is 18.9 Å². The molecule has 0 spiro atoms. The Labute approximate surface area is 131 Å². The molecule has 1 aromatic carbocycles. The molecule has 2 amide bonds. The first-order valence-corrected chi connectivity index (χ1v) is 8.40. The van der Waals surface area contributed by atoms with Gasteiger partial charge in [-0.1, -0.05) is 31.0 Å². The highest BCUT2D eigenvalue weighted by Crippen LogP contribution is 2.29. The predicted molar refractivity (Wildman–Crippen MR) is 86.6 cm³/mol. The van der Waals surface area contributed by atoms with Gasteiger partial charge in [0.2, 0.25) is 11.8 Å². The number of carbonyl (C=O) groups is 2. The van der Waals surface area contributed by atoms with Crippen molar-refractivity contribution in [2.75, 3.05) is 4.90 Å². The molecule has 1 saturated carbocycles. The Morgan fingerprint density at radius 1 is 1.09 bits per heavy atom. The minimum atomic E-state index is 0.00126. The largest absolute Gasteiger partial charge is 0.353 e. The summed E-state index contributed by atoms with van der Waals surface area (Å²) in [4.78, 5) is 26.4. The number of anilines is 1. The maximum atomic E-state index is 12.9. The number of hydrogen-bond acceptors (Lipinski definition) is 2. The lowest BCUT2D eigenvalue weighted by molar-refractivity contribution is -0.124. The summed E-state index contributed by atoms with van der Waals surface area (Å²) in [7, 11) is 0. The van der Waals surface area contributed by atoms with Gasteiger partial charge in [0.1, 0.15) is 0 Å². The van der Waals surface area contributed by atoms with Crippen LogP contribution < -0.4 is 10.2 Å². The second-order valence-corrected chi connectivity index (χ2v) is 6.40. The van der Waals surface area contributed by atoms with E-state index in [9.17, 15) is 9.59 Å². The number of nitrogens with one attached hydrogen (secondary N) is 1. The van der Waals surface area contributed by atoms with Crippen molar-refractivity contribution in [1.82, 2.24) is 5.32 Å². The maximum absolute atomic E-state index is 12.9. The molecule has 3 rings (SSSR count). The molecule has 0 aromatic heterocycles. The number of para-hydroxylation sites is 1. The van der Waals surface area contributed by atoms with Crippen LogP contribution in [-0.2, 0) is 9.59 Å². The Morgan fingerprint density at radius 2 is 1.82 bits per heavy atom. The van der Waals surface area contributed by atoms with Gasteiger partial charge in [-0.3, -0.25) is 9.59 Å². The van der Waals surface area contributed by atoms with E-state index in [4.69, 9.17) is 0 Å². The summed E-state index contributed by atoms with van der Waals surface area (Å²) in [6.07, 6.45) is 7.36. The van der Waals surface area contributed by atoms with E-state index in [1.165, 1.54) is 12.8 Å². The van der Waals surface area contributed by atoms with Gasteiger partial charge in [-0.15, -0.1) is 0 Å². The first-order chi connectivity index (χ1) is 10.7. The summed E-state index contributed by atoms with van der Waals surface area (Å²) >= 11 is 0. The van der Waals surface area contributed by atoms with Crippen molar-refractivity contribution in [2.24, 2.45) is 0 Å². The zero-order valence-electron chi connectivity index (χ0n) is 13.0. The SMILES string of the molecule is O=C1CCCC(CC(=O)N(c2ccccc2)C2CCCC2)N1. The normalized spacial score (nSPS) is 22.4. The van der Waals surface area contributed by atoms with Crippen molar-refractivity contribution in [2.45, 2.75) is 63.5 Å². The van der Waals surface area contributed by atoms with Gasteiger partial charge in [0, 0.05) is 30.6 Å². The van der Waals surface area contributed by atoms with Gasteiger partial charge >= 0.3 is 0 Å². The fourth-order valence-corrected chi connectivity index (χ4v) is 3.65. The van der Waals surface area contributed by atoms with Crippen LogP contribution in [0.15, 0.2) is 30.3 Å². The summed E-state index contributed by atoms with van der Waals surface area (Å²) in [5.41, 5.74) is 0.988. The molecule has 1 aliphatic heterocycles. The average Bonchev–Trinajstić information content (AvgIpc) is 3.02. The standard InChI is InChI=1S/C18H24N2O2/c21-17-12-6-7-14(19-17)13-18(22)20(16-10-4-5-11-16)15-8-2-1-3-9-15/h1-3,8-9,14,16H,4-7,10-13H2,(H,19,21). The first-order valence-electron chi connectivity index (χ1n) is 8.40. The summed E-state index contributed by atoms with van der Waals surface area (Å²) in [6.45, 7) is 0. The summed E-state index contributed by atoms with van der Waals surface area (Å²) in [5.74, 6) is 0.224. The third kappa shape index (κ3) is 3.49. The van der Waals surface area contributed by atoms with Crippen molar-refractivity contribution >= 4 is 17.5 Å². The van der Waals surface area contributed by atoms with E-state index < -0.39 is 0 Å². The zero-order chi connectivity index (χ0) is 15.4. The molecule has 1 atom stereocenters. The third-order valence-electron chi connectivity index (χ3n) is 4.74. The second-order valence-electron chi connectivity index (χ2n) is 6.40. The molecule has 4 heteroatoms. The van der Waals surface area contributed by atoms with Crippen LogP contribution in [0.1, 0.15) is 51.4 Å². The van der Waals surface area contributed by atoms with Crippen molar-refractivity contribution in [3.63, 3.8) is 0 Å². The van der Waals surface area contributed by atoms with Crippen molar-refractivity contribution in [1.29, 1.82) is 0 Å². The molecule has 118 valence electrons. The molecule has 0 radical (unpaired) electrons. The van der Waals surface area contributed by atoms with E-state index >= 15 is 0 Å². The van der Waals surface area contributed by atoms with E-state index in [1.807, 2.05) is 35.2 Å². The number of rotatable bonds is 4. The highest BCUT2D eigenvalue weighted by atomic mass is 16.2. The maximum Gasteiger partial charge on any atom is 0.229 e. The molecular weight excluding hydrogens is 276 g/mol. The number of piperidine rings is 1. The molecule has 2 fully saturated rings. The molecule has 1 N–H and O–H groups in total. The lowest BCUT2D eigenvalue weighted by atomic mass is 10.00. The number of nitrogens with zero attached hydrogens (tertiary/aromatic N) is 1. The van der Waals surface area contributed by atoms with Gasteiger partial charge < -0.3 is 10.2 Å². The Balaban J connectivity index is 1.73. The quantitative estimate of drug-likeness (QED) is 0.929. The monoisotopic (exact) mass is 300 g/mol. The van der Waals surface area contributed by atoms with Crippen molar-refractivity contribution in [3.05, 3.63) is 30.3 Å². The van der Waals surface area contributed by atoms with Crippen LogP contribution in [0.25, 0.3) is 0 Å². The summed E-state index contributed by atoms with van der Waals surface area (Å²) in [6, 6.07) is 10.3. The van der Waals surface area contributed by atoms with Crippen LogP contribution >= 0.6 is 0 Å². The van der Waals surface area contributed by atoms with Crippen molar-refractivity contribution < 1.29 is 9.59 Å². The minimum absolute atomic E-state index is 0.00126. The minimum Gasteiger partial charge on any atom is -0.353 e. The van der Waals surface area contributed by atoms with Crippen LogP contribution in [0.4, 0.5) is 5.69 Å². The molecule has 1 aliphatic carbocycles. The van der Waals surface area contributed by atoms with E-state index in [2.05, 4.69) is 5.32 Å². The second kappa shape index (κ2) is 6.95. The third-order valence-corrected chi connectivity index (χ3v) is 4.74. The van der Waals surface area contributed by atoms with E-state index in [-0.39, 0.29) is 17.9 Å². The number of carbonyl (C=O) groups excluding carboxylic acids is 2. The van der Waals surface area contributed by atoms with Gasteiger partial charge in [0.05, 0.1) is 0 Å². The fraction of sp³-hybridized carbons (Fsp3) is 0.556. The van der Waals surface area contributed by atoms with Crippen molar-refractivity contribution in [3.8, 4) is 0 Å². The van der Waals surface area contributed by atoms with Crippen LogP contribution in [0.5, 0.6) is 0 Å². The highest BCUT2D eigenvalue weighted by molar-refractivity contribution is 5.94. The molecule has 1 aromatic rings. The summed E-state index contributed by atoms with van der Waals surface area (Å²) in [5, 5.41) is 2.96. The lowest BCUT2D eigenvalue weighted by Crippen LogP contribution is -2.45. The highest BCUT2D eigenvalue weighted by Gasteiger charge is 2.30.